The van der Waals surface area contributed by atoms with Gasteiger partial charge in [0.05, 0.1) is 10.9 Å². The summed E-state index contributed by atoms with van der Waals surface area (Å²) in [5.41, 5.74) is -2.21. The number of piperazine rings is 1. The Morgan fingerprint density at radius 2 is 2.00 bits per heavy atom. The molecular weight excluding hydrogens is 411 g/mol. The Bertz CT molecular complexity index is 1110. The summed E-state index contributed by atoms with van der Waals surface area (Å²) in [4.78, 5) is 43.8. The molecule has 9 nitrogen and oxygen atoms in total. The molecule has 0 radical (unpaired) electrons. The number of benzene rings is 1. The van der Waals surface area contributed by atoms with Crippen molar-refractivity contribution in [3.63, 3.8) is 0 Å². The second-order valence-electron chi connectivity index (χ2n) is 6.85. The predicted octanol–water partition coefficient (Wildman–Crippen LogP) is 1.83. The molecule has 158 valence electrons. The lowest BCUT2D eigenvalue weighted by Crippen LogP contribution is -2.50. The SMILES string of the molecule is CCn1cc(C(=O)O)c(=O)c2cc(F)c(N3CCN(P(=O)(O)O)C(C)C3)c(F)c21.[H+].[H+]. The number of hydrogen-bond donors (Lipinski definition) is 3. The number of anilines is 1. The van der Waals surface area contributed by atoms with Crippen LogP contribution in [-0.2, 0) is 11.1 Å². The van der Waals surface area contributed by atoms with E-state index in [4.69, 9.17) is 0 Å². The van der Waals surface area contributed by atoms with Gasteiger partial charge in [-0.2, -0.15) is 0 Å². The van der Waals surface area contributed by atoms with Crippen LogP contribution < -0.4 is 10.3 Å². The molecule has 12 heteroatoms. The highest BCUT2D eigenvalue weighted by atomic mass is 31.2. The van der Waals surface area contributed by atoms with Gasteiger partial charge in [-0.25, -0.2) is 22.8 Å². The Kier molecular flexibility index (Phi) is 5.52. The third kappa shape index (κ3) is 3.66. The molecule has 2 aromatic rings. The average Bonchev–Trinajstić information content (AvgIpc) is 2.61. The van der Waals surface area contributed by atoms with Crippen LogP contribution >= 0.6 is 7.75 Å². The molecule has 0 bridgehead atoms. The molecule has 1 aromatic carbocycles. The minimum atomic E-state index is -4.49. The van der Waals surface area contributed by atoms with E-state index in [0.29, 0.717) is 0 Å². The van der Waals surface area contributed by atoms with Gasteiger partial charge in [-0.05, 0) is 19.9 Å². The Hall–Kier alpha value is -2.33. The molecular formula is C17H22F2N3O6P+2. The van der Waals surface area contributed by atoms with Crippen molar-refractivity contribution < 1.29 is 35.9 Å². The van der Waals surface area contributed by atoms with Crippen LogP contribution in [0.4, 0.5) is 14.5 Å². The number of fused-ring (bicyclic) bond motifs is 1. The van der Waals surface area contributed by atoms with Crippen LogP contribution in [0.25, 0.3) is 10.9 Å². The Balaban J connectivity index is 0.00000240. The van der Waals surface area contributed by atoms with Crippen molar-refractivity contribution in [1.29, 1.82) is 0 Å². The van der Waals surface area contributed by atoms with E-state index in [0.717, 1.165) is 16.9 Å². The summed E-state index contributed by atoms with van der Waals surface area (Å²) in [6.45, 7) is 3.09. The third-order valence-corrected chi connectivity index (χ3v) is 6.31. The number of nitrogens with zero attached hydrogens (tertiary/aromatic N) is 3. The van der Waals surface area contributed by atoms with Gasteiger partial charge in [0.15, 0.2) is 5.82 Å². The molecule has 1 saturated heterocycles. The molecule has 1 atom stereocenters. The van der Waals surface area contributed by atoms with E-state index in [2.05, 4.69) is 0 Å². The summed E-state index contributed by atoms with van der Waals surface area (Å²) in [6, 6.07) is 0.135. The van der Waals surface area contributed by atoms with Crippen molar-refractivity contribution in [3.8, 4) is 0 Å². The highest BCUT2D eigenvalue weighted by molar-refractivity contribution is 7.49. The van der Waals surface area contributed by atoms with Crippen molar-refractivity contribution in [3.05, 3.63) is 39.7 Å². The first-order chi connectivity index (χ1) is 13.5. The van der Waals surface area contributed by atoms with Gasteiger partial charge in [0.2, 0.25) is 5.43 Å². The summed E-state index contributed by atoms with van der Waals surface area (Å²) >= 11 is 0. The van der Waals surface area contributed by atoms with Crippen molar-refractivity contribution in [2.45, 2.75) is 26.4 Å². The molecule has 3 N–H and O–H groups in total. The molecule has 0 amide bonds. The normalized spacial score (nSPS) is 18.4. The fraction of sp³-hybridized carbons (Fsp3) is 0.412. The maximum absolute atomic E-state index is 15.4. The van der Waals surface area contributed by atoms with Gasteiger partial charge in [-0.15, -0.1) is 0 Å². The zero-order valence-corrected chi connectivity index (χ0v) is 16.6. The first-order valence-corrected chi connectivity index (χ1v) is 10.4. The second kappa shape index (κ2) is 7.49. The summed E-state index contributed by atoms with van der Waals surface area (Å²) in [6.07, 6.45) is 1.02. The van der Waals surface area contributed by atoms with Crippen LogP contribution in [0.2, 0.25) is 0 Å². The number of hydrogen-bond acceptors (Lipinski definition) is 4. The highest BCUT2D eigenvalue weighted by Crippen LogP contribution is 2.43. The van der Waals surface area contributed by atoms with Crippen molar-refractivity contribution in [1.82, 2.24) is 9.24 Å². The van der Waals surface area contributed by atoms with E-state index in [1.807, 2.05) is 0 Å². The largest absolute Gasteiger partial charge is 1.00 e. The van der Waals surface area contributed by atoms with Crippen LogP contribution in [-0.4, -0.2) is 55.8 Å². The van der Waals surface area contributed by atoms with Crippen molar-refractivity contribution >= 4 is 30.3 Å². The Morgan fingerprint density at radius 1 is 1.34 bits per heavy atom. The van der Waals surface area contributed by atoms with Crippen LogP contribution in [0.15, 0.2) is 17.1 Å². The first-order valence-electron chi connectivity index (χ1n) is 8.83. The molecule has 1 aromatic heterocycles. The number of aryl methyl sites for hydroxylation is 1. The van der Waals surface area contributed by atoms with E-state index in [9.17, 15) is 33.4 Å². The number of carboxylic acid groups (broad SMARTS) is 1. The highest BCUT2D eigenvalue weighted by Gasteiger charge is 2.36. The lowest BCUT2D eigenvalue weighted by molar-refractivity contribution is 0.0694. The number of aromatic nitrogens is 1. The molecule has 3 rings (SSSR count). The summed E-state index contributed by atoms with van der Waals surface area (Å²) in [5.74, 6) is -3.56. The van der Waals surface area contributed by atoms with Gasteiger partial charge in [-0.1, -0.05) is 0 Å². The Labute approximate surface area is 167 Å². The smallest absolute Gasteiger partial charge is 0.477 e. The number of carboxylic acids is 1. The van der Waals surface area contributed by atoms with Crippen molar-refractivity contribution in [2.24, 2.45) is 0 Å². The maximum atomic E-state index is 15.4. The van der Waals surface area contributed by atoms with Crippen LogP contribution in [0.5, 0.6) is 0 Å². The first kappa shape index (κ1) is 21.4. The minimum absolute atomic E-state index is 0. The summed E-state index contributed by atoms with van der Waals surface area (Å²) in [7, 11) is -4.49. The topological polar surface area (TPSA) is 123 Å². The molecule has 0 saturated carbocycles. The standard InChI is InChI=1S/C17H20F2N3O6P/c1-3-20-8-11(17(24)25)16(23)10-6-12(18)15(13(19)14(10)20)21-4-5-22(9(2)7-21)29(26,27)28/h6,8-9H,3-5,7H2,1-2H3,(H,24,25)(H2,26,27,28)/p+2. The molecule has 0 aliphatic carbocycles. The van der Waals surface area contributed by atoms with Crippen LogP contribution in [0.3, 0.4) is 0 Å². The fourth-order valence-electron chi connectivity index (χ4n) is 3.71. The van der Waals surface area contributed by atoms with Gasteiger partial charge >= 0.3 is 16.6 Å². The number of halogens is 2. The molecule has 1 aliphatic rings. The van der Waals surface area contributed by atoms with Gasteiger partial charge in [-0.3, -0.25) is 4.79 Å². The summed E-state index contributed by atoms with van der Waals surface area (Å²) in [5, 5.41) is 8.80. The monoisotopic (exact) mass is 433 g/mol. The lowest BCUT2D eigenvalue weighted by atomic mass is 10.1. The molecule has 1 fully saturated rings. The van der Waals surface area contributed by atoms with Gasteiger partial charge in [0.25, 0.3) is 0 Å². The lowest BCUT2D eigenvalue weighted by Gasteiger charge is -2.40. The molecule has 0 spiro atoms. The zero-order chi connectivity index (χ0) is 21.7. The van der Waals surface area contributed by atoms with E-state index in [1.54, 1.807) is 6.92 Å². The number of pyridine rings is 1. The quantitative estimate of drug-likeness (QED) is 0.624. The molecule has 2 heterocycles. The van der Waals surface area contributed by atoms with E-state index >= 15 is 4.39 Å². The van der Waals surface area contributed by atoms with Crippen LogP contribution in [0, 0.1) is 11.6 Å². The van der Waals surface area contributed by atoms with Crippen LogP contribution in [0.1, 0.15) is 27.1 Å². The molecule has 29 heavy (non-hydrogen) atoms. The van der Waals surface area contributed by atoms with E-state index in [-0.39, 0.29) is 39.9 Å². The minimum Gasteiger partial charge on any atom is -0.477 e. The maximum Gasteiger partial charge on any atom is 1.00 e. The zero-order valence-electron chi connectivity index (χ0n) is 17.7. The Morgan fingerprint density at radius 3 is 2.52 bits per heavy atom. The predicted molar refractivity (Wildman–Crippen MR) is 103 cm³/mol. The van der Waals surface area contributed by atoms with Crippen molar-refractivity contribution in [2.75, 3.05) is 24.5 Å². The summed E-state index contributed by atoms with van der Waals surface area (Å²) < 4.78 is 43.9. The number of rotatable bonds is 4. The van der Waals surface area contributed by atoms with Gasteiger partial charge in [0.1, 0.15) is 17.1 Å². The molecule has 1 aliphatic heterocycles. The third-order valence-electron chi connectivity index (χ3n) is 5.04. The second-order valence-corrected chi connectivity index (χ2v) is 8.39. The fourth-order valence-corrected chi connectivity index (χ4v) is 4.64. The number of carbonyl (C=O) groups is 1. The average molecular weight is 433 g/mol. The van der Waals surface area contributed by atoms with E-state index < -0.39 is 48.1 Å². The number of aromatic carboxylic acids is 1. The van der Waals surface area contributed by atoms with Gasteiger partial charge in [0, 0.05) is 38.4 Å². The molecule has 1 unspecified atom stereocenters. The van der Waals surface area contributed by atoms with Gasteiger partial charge < -0.3 is 24.4 Å². The van der Waals surface area contributed by atoms with E-state index in [1.165, 1.54) is 16.4 Å².